The number of likely N-dealkylation sites (tertiary alicyclic amines) is 1. The minimum Gasteiger partial charge on any atom is -0.494 e. The second-order valence-corrected chi connectivity index (χ2v) is 5.88. The van der Waals surface area contributed by atoms with Crippen LogP contribution in [0.1, 0.15) is 31.2 Å². The highest BCUT2D eigenvalue weighted by molar-refractivity contribution is 5.27. The van der Waals surface area contributed by atoms with E-state index in [0.717, 1.165) is 36.3 Å². The number of nitrogens with two attached hydrogens (primary N) is 1. The molecule has 2 fully saturated rings. The van der Waals surface area contributed by atoms with Gasteiger partial charge in [0.15, 0.2) is 0 Å². The molecule has 0 aromatic heterocycles. The molecule has 1 saturated carbocycles. The summed E-state index contributed by atoms with van der Waals surface area (Å²) < 4.78 is 5.78. The van der Waals surface area contributed by atoms with Gasteiger partial charge in [-0.3, -0.25) is 4.90 Å². The lowest BCUT2D eigenvalue weighted by atomic mass is 10.1. The van der Waals surface area contributed by atoms with Gasteiger partial charge in [0.25, 0.3) is 0 Å². The monoisotopic (exact) mass is 260 g/mol. The molecule has 1 heterocycles. The van der Waals surface area contributed by atoms with Gasteiger partial charge in [0.05, 0.1) is 6.61 Å². The Morgan fingerprint density at radius 1 is 1.21 bits per heavy atom. The summed E-state index contributed by atoms with van der Waals surface area (Å²) in [6.07, 6.45) is 5.46. The number of ether oxygens (including phenoxy) is 1. The van der Waals surface area contributed by atoms with Crippen LogP contribution in [-0.4, -0.2) is 30.6 Å². The van der Waals surface area contributed by atoms with E-state index < -0.39 is 0 Å². The highest BCUT2D eigenvalue weighted by Gasteiger charge is 2.36. The molecule has 3 nitrogen and oxygen atoms in total. The summed E-state index contributed by atoms with van der Waals surface area (Å²) in [5.41, 5.74) is 6.73. The molecule has 0 radical (unpaired) electrons. The number of nitrogens with zero attached hydrogens (tertiary/aromatic N) is 1. The van der Waals surface area contributed by atoms with Gasteiger partial charge in [-0.15, -0.1) is 0 Å². The first-order valence-electron chi connectivity index (χ1n) is 7.51. The van der Waals surface area contributed by atoms with Crippen LogP contribution in [0, 0.1) is 5.92 Å². The van der Waals surface area contributed by atoms with Crippen molar-refractivity contribution in [2.24, 2.45) is 11.7 Å². The van der Waals surface area contributed by atoms with Crippen molar-refractivity contribution in [3.63, 3.8) is 0 Å². The summed E-state index contributed by atoms with van der Waals surface area (Å²) in [4.78, 5) is 2.66. The largest absolute Gasteiger partial charge is 0.494 e. The van der Waals surface area contributed by atoms with Crippen LogP contribution in [0.5, 0.6) is 5.75 Å². The van der Waals surface area contributed by atoms with Crippen molar-refractivity contribution in [3.8, 4) is 5.75 Å². The van der Waals surface area contributed by atoms with Crippen LogP contribution in [0.2, 0.25) is 0 Å². The maximum absolute atomic E-state index is 5.78. The smallest absolute Gasteiger partial charge is 0.119 e. The summed E-state index contributed by atoms with van der Waals surface area (Å²) in [5.74, 6) is 1.95. The van der Waals surface area contributed by atoms with Gasteiger partial charge >= 0.3 is 0 Å². The zero-order valence-corrected chi connectivity index (χ0v) is 11.6. The second kappa shape index (κ2) is 5.93. The van der Waals surface area contributed by atoms with E-state index in [4.69, 9.17) is 10.5 Å². The fourth-order valence-corrected chi connectivity index (χ4v) is 3.48. The quantitative estimate of drug-likeness (QED) is 0.798. The van der Waals surface area contributed by atoms with Crippen molar-refractivity contribution in [2.45, 2.75) is 38.3 Å². The molecule has 1 aromatic carbocycles. The van der Waals surface area contributed by atoms with E-state index in [1.54, 1.807) is 0 Å². The molecule has 0 spiro atoms. The highest BCUT2D eigenvalue weighted by atomic mass is 16.5. The molecule has 0 amide bonds. The normalized spacial score (nSPS) is 25.9. The van der Waals surface area contributed by atoms with E-state index in [0.29, 0.717) is 6.54 Å². The second-order valence-electron chi connectivity index (χ2n) is 5.88. The Kier molecular flexibility index (Phi) is 4.04. The lowest BCUT2D eigenvalue weighted by Gasteiger charge is -2.26. The molecule has 2 bridgehead atoms. The van der Waals surface area contributed by atoms with Crippen molar-refractivity contribution < 1.29 is 4.74 Å². The van der Waals surface area contributed by atoms with Crippen LogP contribution < -0.4 is 10.5 Å². The van der Waals surface area contributed by atoms with Gasteiger partial charge in [-0.2, -0.15) is 0 Å². The predicted molar refractivity (Wildman–Crippen MR) is 77.1 cm³/mol. The van der Waals surface area contributed by atoms with Crippen LogP contribution in [0.4, 0.5) is 0 Å². The maximum Gasteiger partial charge on any atom is 0.119 e. The van der Waals surface area contributed by atoms with E-state index in [9.17, 15) is 0 Å². The van der Waals surface area contributed by atoms with E-state index in [1.807, 2.05) is 24.3 Å². The van der Waals surface area contributed by atoms with Gasteiger partial charge in [0.2, 0.25) is 0 Å². The molecule has 1 aliphatic carbocycles. The fraction of sp³-hybridized carbons (Fsp3) is 0.625. The van der Waals surface area contributed by atoms with Gasteiger partial charge in [0.1, 0.15) is 5.75 Å². The molecule has 2 N–H and O–H groups in total. The van der Waals surface area contributed by atoms with Crippen molar-refractivity contribution in [1.82, 2.24) is 4.90 Å². The summed E-state index contributed by atoms with van der Waals surface area (Å²) in [5, 5.41) is 0. The van der Waals surface area contributed by atoms with Gasteiger partial charge in [-0.25, -0.2) is 0 Å². The number of hydrogen-bond donors (Lipinski definition) is 1. The third kappa shape index (κ3) is 3.10. The summed E-state index contributed by atoms with van der Waals surface area (Å²) in [7, 11) is 0. The molecule has 1 aromatic rings. The molecule has 3 heteroatoms. The molecule has 104 valence electrons. The van der Waals surface area contributed by atoms with Crippen molar-refractivity contribution in [1.29, 1.82) is 0 Å². The predicted octanol–water partition coefficient (Wildman–Crippen LogP) is 2.40. The van der Waals surface area contributed by atoms with Crippen molar-refractivity contribution in [2.75, 3.05) is 19.7 Å². The highest BCUT2D eigenvalue weighted by Crippen LogP contribution is 2.37. The first-order valence-corrected chi connectivity index (χ1v) is 7.51. The van der Waals surface area contributed by atoms with Crippen molar-refractivity contribution >= 4 is 0 Å². The Hall–Kier alpha value is -1.06. The first kappa shape index (κ1) is 12.9. The average Bonchev–Trinajstić information content (AvgIpc) is 3.07. The number of rotatable bonds is 6. The van der Waals surface area contributed by atoms with E-state index in [-0.39, 0.29) is 0 Å². The van der Waals surface area contributed by atoms with Crippen LogP contribution in [0.15, 0.2) is 24.3 Å². The molecule has 2 atom stereocenters. The summed E-state index contributed by atoms with van der Waals surface area (Å²) in [6, 6.07) is 8.98. The first-order chi connectivity index (χ1) is 9.35. The Morgan fingerprint density at radius 3 is 2.68 bits per heavy atom. The number of hydrogen-bond acceptors (Lipinski definition) is 3. The van der Waals surface area contributed by atoms with Gasteiger partial charge < -0.3 is 10.5 Å². The SMILES string of the molecule is NCc1ccc(OCCCN2CC3CCC2C3)cc1. The van der Waals surface area contributed by atoms with Gasteiger partial charge in [-0.05, 0) is 49.3 Å². The van der Waals surface area contributed by atoms with Crippen LogP contribution in [0.3, 0.4) is 0 Å². The molecule has 19 heavy (non-hydrogen) atoms. The standard InChI is InChI=1S/C16H24N2O/c17-11-13-3-6-16(7-4-13)19-9-1-8-18-12-14-2-5-15(18)10-14/h3-4,6-7,14-15H,1-2,5,8-12,17H2. The summed E-state index contributed by atoms with van der Waals surface area (Å²) >= 11 is 0. The molecule has 2 aliphatic rings. The Morgan fingerprint density at radius 2 is 2.05 bits per heavy atom. The zero-order chi connectivity index (χ0) is 13.1. The third-order valence-corrected chi connectivity index (χ3v) is 4.54. The molecule has 1 aliphatic heterocycles. The van der Waals surface area contributed by atoms with Crippen LogP contribution >= 0.6 is 0 Å². The molecule has 1 saturated heterocycles. The third-order valence-electron chi connectivity index (χ3n) is 4.54. The minimum atomic E-state index is 0.595. The lowest BCUT2D eigenvalue weighted by Crippen LogP contribution is -2.33. The molecular formula is C16H24N2O. The number of piperidine rings is 1. The number of benzene rings is 1. The summed E-state index contributed by atoms with van der Waals surface area (Å²) in [6.45, 7) is 3.94. The van der Waals surface area contributed by atoms with E-state index >= 15 is 0 Å². The van der Waals surface area contributed by atoms with E-state index in [1.165, 1.54) is 32.4 Å². The van der Waals surface area contributed by atoms with Crippen LogP contribution in [-0.2, 0) is 6.54 Å². The minimum absolute atomic E-state index is 0.595. The Balaban J connectivity index is 1.36. The van der Waals surface area contributed by atoms with Gasteiger partial charge in [-0.1, -0.05) is 12.1 Å². The molecule has 2 unspecified atom stereocenters. The number of fused-ring (bicyclic) bond motifs is 2. The van der Waals surface area contributed by atoms with Crippen LogP contribution in [0.25, 0.3) is 0 Å². The van der Waals surface area contributed by atoms with Crippen molar-refractivity contribution in [3.05, 3.63) is 29.8 Å². The Bertz CT molecular complexity index is 404. The average molecular weight is 260 g/mol. The van der Waals surface area contributed by atoms with Gasteiger partial charge in [0, 0.05) is 25.7 Å². The topological polar surface area (TPSA) is 38.5 Å². The van der Waals surface area contributed by atoms with E-state index in [2.05, 4.69) is 4.90 Å². The molecular weight excluding hydrogens is 236 g/mol. The Labute approximate surface area is 115 Å². The zero-order valence-electron chi connectivity index (χ0n) is 11.6. The molecule has 3 rings (SSSR count). The fourth-order valence-electron chi connectivity index (χ4n) is 3.48. The lowest BCUT2D eigenvalue weighted by molar-refractivity contribution is 0.192. The maximum atomic E-state index is 5.78.